The van der Waals surface area contributed by atoms with Crippen LogP contribution in [0.5, 0.6) is 0 Å². The van der Waals surface area contributed by atoms with E-state index in [0.29, 0.717) is 17.6 Å². The molecule has 1 aliphatic carbocycles. The third-order valence-corrected chi connectivity index (χ3v) is 4.82. The fraction of sp³-hybridized carbons (Fsp3) is 0.190. The molecule has 4 aromatic rings. The predicted octanol–water partition coefficient (Wildman–Crippen LogP) is 3.26. The minimum absolute atomic E-state index is 0.248. The first kappa shape index (κ1) is 18.2. The molecule has 3 heterocycles. The zero-order valence-corrected chi connectivity index (χ0v) is 15.8. The summed E-state index contributed by atoms with van der Waals surface area (Å²) in [4.78, 5) is 25.3. The van der Waals surface area contributed by atoms with Crippen LogP contribution in [0.1, 0.15) is 40.6 Å². The number of carbonyl (C=O) groups excluding carboxylic acids is 1. The molecule has 1 fully saturated rings. The van der Waals surface area contributed by atoms with Crippen molar-refractivity contribution in [1.82, 2.24) is 30.0 Å². The lowest BCUT2D eigenvalue weighted by molar-refractivity contribution is 0.0946. The molecule has 0 spiro atoms. The lowest BCUT2D eigenvalue weighted by atomic mass is 10.2. The van der Waals surface area contributed by atoms with Crippen LogP contribution in [0.25, 0.3) is 17.3 Å². The minimum Gasteiger partial charge on any atom is -0.347 e. The van der Waals surface area contributed by atoms with Crippen molar-refractivity contribution < 1.29 is 13.7 Å². The highest BCUT2D eigenvalue weighted by Gasteiger charge is 2.29. The molecule has 1 amide bonds. The third-order valence-electron chi connectivity index (χ3n) is 4.82. The standard InChI is InChI=1S/C21H17FN6O2/c22-16-5-1-13(2-6-16)10-24-20(29)17-11-28(12-25-17)18-9-15(7-8-23-18)21-26-19(27-30-21)14-3-4-14/h1-2,5-9,11-12,14H,3-4,10H2,(H,24,29). The molecule has 8 nitrogen and oxygen atoms in total. The van der Waals surface area contributed by atoms with Gasteiger partial charge in [-0.15, -0.1) is 0 Å². The van der Waals surface area contributed by atoms with E-state index < -0.39 is 0 Å². The van der Waals surface area contributed by atoms with E-state index >= 15 is 0 Å². The van der Waals surface area contributed by atoms with Gasteiger partial charge >= 0.3 is 0 Å². The fourth-order valence-electron chi connectivity index (χ4n) is 2.99. The van der Waals surface area contributed by atoms with Crippen LogP contribution in [-0.2, 0) is 6.54 Å². The summed E-state index contributed by atoms with van der Waals surface area (Å²) >= 11 is 0. The van der Waals surface area contributed by atoms with Crippen LogP contribution in [0.2, 0.25) is 0 Å². The molecule has 1 N–H and O–H groups in total. The molecular formula is C21H17FN6O2. The van der Waals surface area contributed by atoms with Crippen LogP contribution in [-0.4, -0.2) is 30.6 Å². The Morgan fingerprint density at radius 1 is 1.20 bits per heavy atom. The minimum atomic E-state index is -0.333. The molecule has 0 bridgehead atoms. The van der Waals surface area contributed by atoms with E-state index in [0.717, 1.165) is 29.8 Å². The summed E-state index contributed by atoms with van der Waals surface area (Å²) in [6.07, 6.45) is 6.95. The van der Waals surface area contributed by atoms with Crippen molar-refractivity contribution in [2.24, 2.45) is 0 Å². The topological polar surface area (TPSA) is 98.7 Å². The van der Waals surface area contributed by atoms with Gasteiger partial charge in [0.1, 0.15) is 23.7 Å². The Balaban J connectivity index is 1.29. The smallest absolute Gasteiger partial charge is 0.271 e. The van der Waals surface area contributed by atoms with Gasteiger partial charge in [0.25, 0.3) is 11.8 Å². The number of benzene rings is 1. The SMILES string of the molecule is O=C(NCc1ccc(F)cc1)c1cn(-c2cc(-c3nc(C4CC4)no3)ccn2)cn1. The van der Waals surface area contributed by atoms with Gasteiger partial charge in [-0.2, -0.15) is 4.98 Å². The number of amides is 1. The predicted molar refractivity (Wildman–Crippen MR) is 104 cm³/mol. The highest BCUT2D eigenvalue weighted by atomic mass is 19.1. The fourth-order valence-corrected chi connectivity index (χ4v) is 2.99. The average molecular weight is 404 g/mol. The summed E-state index contributed by atoms with van der Waals surface area (Å²) in [7, 11) is 0. The highest BCUT2D eigenvalue weighted by molar-refractivity contribution is 5.92. The lowest BCUT2D eigenvalue weighted by Gasteiger charge is -2.04. The van der Waals surface area contributed by atoms with Crippen molar-refractivity contribution in [2.45, 2.75) is 25.3 Å². The van der Waals surface area contributed by atoms with E-state index in [1.807, 2.05) is 0 Å². The van der Waals surface area contributed by atoms with E-state index in [9.17, 15) is 9.18 Å². The van der Waals surface area contributed by atoms with Crippen LogP contribution in [0.3, 0.4) is 0 Å². The van der Waals surface area contributed by atoms with E-state index in [1.54, 1.807) is 41.2 Å². The monoisotopic (exact) mass is 404 g/mol. The molecule has 5 rings (SSSR count). The number of nitrogens with zero attached hydrogens (tertiary/aromatic N) is 5. The van der Waals surface area contributed by atoms with Crippen LogP contribution in [0.4, 0.5) is 4.39 Å². The number of pyridine rings is 1. The molecule has 0 aliphatic heterocycles. The Hall–Kier alpha value is -3.88. The number of aromatic nitrogens is 5. The quantitative estimate of drug-likeness (QED) is 0.530. The molecular weight excluding hydrogens is 387 g/mol. The van der Waals surface area contributed by atoms with Gasteiger partial charge in [-0.25, -0.2) is 14.4 Å². The first-order chi connectivity index (χ1) is 14.7. The number of imidazole rings is 1. The third kappa shape index (κ3) is 3.82. The number of rotatable bonds is 6. The van der Waals surface area contributed by atoms with Crippen LogP contribution in [0.15, 0.2) is 59.6 Å². The van der Waals surface area contributed by atoms with Crippen molar-refractivity contribution >= 4 is 5.91 Å². The highest BCUT2D eigenvalue weighted by Crippen LogP contribution is 2.38. The maximum atomic E-state index is 13.0. The molecule has 3 aromatic heterocycles. The van der Waals surface area contributed by atoms with Gasteiger partial charge in [-0.1, -0.05) is 17.3 Å². The van der Waals surface area contributed by atoms with Crippen molar-refractivity contribution in [2.75, 3.05) is 0 Å². The first-order valence-corrected chi connectivity index (χ1v) is 9.53. The van der Waals surface area contributed by atoms with Gasteiger partial charge in [0.05, 0.1) is 0 Å². The molecule has 150 valence electrons. The second-order valence-corrected chi connectivity index (χ2v) is 7.11. The largest absolute Gasteiger partial charge is 0.347 e. The normalized spacial score (nSPS) is 13.4. The summed E-state index contributed by atoms with van der Waals surface area (Å²) in [5.41, 5.74) is 1.79. The Kier molecular flexibility index (Phi) is 4.55. The van der Waals surface area contributed by atoms with Gasteiger partial charge in [-0.3, -0.25) is 9.36 Å². The Bertz CT molecular complexity index is 1200. The second kappa shape index (κ2) is 7.51. The molecule has 1 aliphatic rings. The number of nitrogens with one attached hydrogen (secondary N) is 1. The number of hydrogen-bond donors (Lipinski definition) is 1. The van der Waals surface area contributed by atoms with Crippen LogP contribution >= 0.6 is 0 Å². The average Bonchev–Trinajstić information content (AvgIpc) is 3.29. The molecule has 30 heavy (non-hydrogen) atoms. The second-order valence-electron chi connectivity index (χ2n) is 7.11. The van der Waals surface area contributed by atoms with Crippen molar-refractivity contribution in [1.29, 1.82) is 0 Å². The van der Waals surface area contributed by atoms with Gasteiger partial charge in [-0.05, 0) is 42.7 Å². The molecule has 0 atom stereocenters. The van der Waals surface area contributed by atoms with Crippen LogP contribution < -0.4 is 5.32 Å². The Morgan fingerprint density at radius 2 is 2.03 bits per heavy atom. The van der Waals surface area contributed by atoms with Gasteiger partial charge in [0.2, 0.25) is 0 Å². The molecule has 1 aromatic carbocycles. The first-order valence-electron chi connectivity index (χ1n) is 9.53. The maximum Gasteiger partial charge on any atom is 0.271 e. The van der Waals surface area contributed by atoms with E-state index in [4.69, 9.17) is 4.52 Å². The van der Waals surface area contributed by atoms with Gasteiger partial charge < -0.3 is 9.84 Å². The summed E-state index contributed by atoms with van der Waals surface area (Å²) in [6.45, 7) is 0.278. The number of halogens is 1. The van der Waals surface area contributed by atoms with E-state index in [-0.39, 0.29) is 24.0 Å². The Morgan fingerprint density at radius 3 is 2.83 bits per heavy atom. The molecule has 0 saturated heterocycles. The maximum absolute atomic E-state index is 13.0. The Labute approximate surface area is 170 Å². The zero-order chi connectivity index (χ0) is 20.5. The summed E-state index contributed by atoms with van der Waals surface area (Å²) in [5.74, 6) is 1.52. The molecule has 9 heteroatoms. The summed E-state index contributed by atoms with van der Waals surface area (Å²) in [6, 6.07) is 9.54. The van der Waals surface area contributed by atoms with Gasteiger partial charge in [0.15, 0.2) is 5.82 Å². The summed E-state index contributed by atoms with van der Waals surface area (Å²) in [5, 5.41) is 6.80. The van der Waals surface area contributed by atoms with E-state index in [2.05, 4.69) is 25.4 Å². The van der Waals surface area contributed by atoms with Gasteiger partial charge in [0, 0.05) is 30.4 Å². The molecule has 1 saturated carbocycles. The lowest BCUT2D eigenvalue weighted by Crippen LogP contribution is -2.23. The van der Waals surface area contributed by atoms with Crippen molar-refractivity contribution in [3.05, 3.63) is 78.0 Å². The van der Waals surface area contributed by atoms with Crippen molar-refractivity contribution in [3.63, 3.8) is 0 Å². The number of carbonyl (C=O) groups is 1. The van der Waals surface area contributed by atoms with Crippen molar-refractivity contribution in [3.8, 4) is 17.3 Å². The summed E-state index contributed by atoms with van der Waals surface area (Å²) < 4.78 is 20.0. The zero-order valence-electron chi connectivity index (χ0n) is 15.8. The van der Waals surface area contributed by atoms with Crippen LogP contribution in [0, 0.1) is 5.82 Å². The number of hydrogen-bond acceptors (Lipinski definition) is 6. The van der Waals surface area contributed by atoms with E-state index in [1.165, 1.54) is 18.5 Å². The molecule has 0 radical (unpaired) electrons. The molecule has 0 unspecified atom stereocenters.